The molecule has 0 atom stereocenters. The van der Waals surface area contributed by atoms with Crippen LogP contribution in [0.1, 0.15) is 16.2 Å². The van der Waals surface area contributed by atoms with E-state index < -0.39 is 0 Å². The number of amides is 1. The summed E-state index contributed by atoms with van der Waals surface area (Å²) in [5, 5.41) is 12.7. The number of aromatic nitrogens is 5. The number of benzene rings is 3. The molecule has 35 heavy (non-hydrogen) atoms. The Morgan fingerprint density at radius 2 is 1.60 bits per heavy atom. The van der Waals surface area contributed by atoms with Gasteiger partial charge in [-0.3, -0.25) is 4.79 Å². The smallest absolute Gasteiger partial charge is 0.278 e. The van der Waals surface area contributed by atoms with Crippen LogP contribution in [0.3, 0.4) is 0 Å². The van der Waals surface area contributed by atoms with Crippen molar-refractivity contribution in [3.05, 3.63) is 114 Å². The van der Waals surface area contributed by atoms with Gasteiger partial charge in [0.05, 0.1) is 11.4 Å². The molecule has 7 nitrogen and oxygen atoms in total. The third-order valence-corrected chi connectivity index (χ3v) is 6.33. The van der Waals surface area contributed by atoms with Crippen molar-refractivity contribution < 1.29 is 4.79 Å². The molecule has 0 bridgehead atoms. The Morgan fingerprint density at radius 3 is 2.37 bits per heavy atom. The molecule has 0 unspecified atom stereocenters. The molecule has 0 saturated heterocycles. The number of halogens is 1. The Bertz CT molecular complexity index is 1440. The fourth-order valence-corrected chi connectivity index (χ4v) is 4.45. The summed E-state index contributed by atoms with van der Waals surface area (Å²) in [4.78, 5) is 22.0. The monoisotopic (exact) mass is 498 g/mol. The van der Waals surface area contributed by atoms with E-state index in [0.29, 0.717) is 27.3 Å². The molecule has 9 heteroatoms. The first-order chi connectivity index (χ1) is 17.2. The van der Waals surface area contributed by atoms with Crippen molar-refractivity contribution in [2.45, 2.75) is 10.9 Å². The number of nitrogens with zero attached hydrogens (tertiary/aromatic N) is 5. The lowest BCUT2D eigenvalue weighted by Crippen LogP contribution is -2.16. The van der Waals surface area contributed by atoms with Gasteiger partial charge in [-0.15, -0.1) is 5.10 Å². The number of carbonyl (C=O) groups is 1. The van der Waals surface area contributed by atoms with Crippen LogP contribution in [0.4, 0.5) is 5.69 Å². The predicted octanol–water partition coefficient (Wildman–Crippen LogP) is 5.92. The molecule has 2 aromatic heterocycles. The summed E-state index contributed by atoms with van der Waals surface area (Å²) in [5.74, 6) is 0.0427. The summed E-state index contributed by atoms with van der Waals surface area (Å²) < 4.78 is 1.64. The molecule has 0 spiro atoms. The van der Waals surface area contributed by atoms with Gasteiger partial charge in [-0.2, -0.15) is 0 Å². The van der Waals surface area contributed by atoms with Crippen molar-refractivity contribution in [1.29, 1.82) is 0 Å². The standard InChI is InChI=1S/C26H19ClN6OS/c27-19-11-13-20(14-12-19)33-23(17-35-26-28-15-6-16-29-26)24(31-32-33)25(34)30-22-10-5-4-9-21(22)18-7-2-1-3-8-18/h1-16H,17H2,(H,30,34). The SMILES string of the molecule is O=C(Nc1ccccc1-c1ccccc1)c1nnn(-c2ccc(Cl)cc2)c1CSc1ncccn1. The maximum atomic E-state index is 13.4. The quantitative estimate of drug-likeness (QED) is 0.221. The number of carbonyl (C=O) groups excluding carboxylic acids is 1. The van der Waals surface area contributed by atoms with Crippen molar-refractivity contribution in [2.75, 3.05) is 5.32 Å². The minimum absolute atomic E-state index is 0.228. The van der Waals surface area contributed by atoms with Gasteiger partial charge in [-0.05, 0) is 42.0 Å². The van der Waals surface area contributed by atoms with Crippen LogP contribution >= 0.6 is 23.4 Å². The third-order valence-electron chi connectivity index (χ3n) is 5.19. The van der Waals surface area contributed by atoms with E-state index in [-0.39, 0.29) is 11.6 Å². The molecule has 0 saturated carbocycles. The Kier molecular flexibility index (Phi) is 6.83. The van der Waals surface area contributed by atoms with Crippen LogP contribution in [0.15, 0.2) is 102 Å². The average molecular weight is 499 g/mol. The molecule has 0 radical (unpaired) electrons. The molecule has 1 N–H and O–H groups in total. The van der Waals surface area contributed by atoms with Crippen molar-refractivity contribution in [3.8, 4) is 16.8 Å². The van der Waals surface area contributed by atoms with Gasteiger partial charge in [0.25, 0.3) is 5.91 Å². The third kappa shape index (κ3) is 5.24. The lowest BCUT2D eigenvalue weighted by atomic mass is 10.0. The zero-order valence-corrected chi connectivity index (χ0v) is 19.9. The molecule has 2 heterocycles. The van der Waals surface area contributed by atoms with Crippen LogP contribution < -0.4 is 5.32 Å². The van der Waals surface area contributed by atoms with Gasteiger partial charge >= 0.3 is 0 Å². The number of hydrogen-bond acceptors (Lipinski definition) is 6. The van der Waals surface area contributed by atoms with Crippen LogP contribution in [0.5, 0.6) is 0 Å². The molecule has 0 aliphatic carbocycles. The first-order valence-electron chi connectivity index (χ1n) is 10.7. The number of nitrogens with one attached hydrogen (secondary N) is 1. The number of thioether (sulfide) groups is 1. The summed E-state index contributed by atoms with van der Waals surface area (Å²) in [5.41, 5.74) is 4.21. The van der Waals surface area contributed by atoms with Gasteiger partial charge in [-0.25, -0.2) is 14.6 Å². The summed E-state index contributed by atoms with van der Waals surface area (Å²) in [6.07, 6.45) is 3.36. The second-order valence-corrected chi connectivity index (χ2v) is 8.84. The molecule has 0 fully saturated rings. The van der Waals surface area contributed by atoms with E-state index in [1.807, 2.05) is 66.7 Å². The van der Waals surface area contributed by atoms with E-state index >= 15 is 0 Å². The van der Waals surface area contributed by atoms with E-state index in [4.69, 9.17) is 11.6 Å². The molecule has 172 valence electrons. The number of hydrogen-bond donors (Lipinski definition) is 1. The van der Waals surface area contributed by atoms with Gasteiger partial charge in [-0.1, -0.05) is 77.1 Å². The highest BCUT2D eigenvalue weighted by molar-refractivity contribution is 7.98. The lowest BCUT2D eigenvalue weighted by molar-refractivity contribution is 0.102. The summed E-state index contributed by atoms with van der Waals surface area (Å²) in [6.45, 7) is 0. The maximum Gasteiger partial charge on any atom is 0.278 e. The number of rotatable bonds is 7. The highest BCUT2D eigenvalue weighted by Gasteiger charge is 2.22. The van der Waals surface area contributed by atoms with Crippen molar-refractivity contribution in [3.63, 3.8) is 0 Å². The van der Waals surface area contributed by atoms with Gasteiger partial charge in [0.1, 0.15) is 0 Å². The first-order valence-corrected chi connectivity index (χ1v) is 12.1. The predicted molar refractivity (Wildman–Crippen MR) is 138 cm³/mol. The van der Waals surface area contributed by atoms with Crippen molar-refractivity contribution in [1.82, 2.24) is 25.0 Å². The van der Waals surface area contributed by atoms with E-state index in [1.165, 1.54) is 11.8 Å². The molecule has 0 aliphatic heterocycles. The Balaban J connectivity index is 1.48. The summed E-state index contributed by atoms with van der Waals surface area (Å²) in [6, 6.07) is 26.5. The molecule has 5 aromatic rings. The molecule has 0 aliphatic rings. The first kappa shape index (κ1) is 22.8. The minimum atomic E-state index is -0.349. The Labute approximate surface area is 211 Å². The van der Waals surface area contributed by atoms with Gasteiger partial charge < -0.3 is 5.32 Å². The van der Waals surface area contributed by atoms with Crippen LogP contribution in [0.25, 0.3) is 16.8 Å². The second-order valence-electron chi connectivity index (χ2n) is 7.46. The molecule has 3 aromatic carbocycles. The van der Waals surface area contributed by atoms with Crippen LogP contribution in [-0.2, 0) is 5.75 Å². The van der Waals surface area contributed by atoms with Crippen molar-refractivity contribution >= 4 is 35.0 Å². The topological polar surface area (TPSA) is 85.6 Å². The van der Waals surface area contributed by atoms with Crippen LogP contribution in [0, 0.1) is 0 Å². The zero-order valence-electron chi connectivity index (χ0n) is 18.4. The molecular weight excluding hydrogens is 480 g/mol. The van der Waals surface area contributed by atoms with Gasteiger partial charge in [0.15, 0.2) is 10.9 Å². The van der Waals surface area contributed by atoms with E-state index in [9.17, 15) is 4.79 Å². The van der Waals surface area contributed by atoms with Crippen LogP contribution in [0.2, 0.25) is 5.02 Å². The van der Waals surface area contributed by atoms with Crippen molar-refractivity contribution in [2.24, 2.45) is 0 Å². The lowest BCUT2D eigenvalue weighted by Gasteiger charge is -2.12. The van der Waals surface area contributed by atoms with Gasteiger partial charge in [0, 0.05) is 34.4 Å². The van der Waals surface area contributed by atoms with E-state index in [2.05, 4.69) is 25.6 Å². The fraction of sp³-hybridized carbons (Fsp3) is 0.0385. The highest BCUT2D eigenvalue weighted by Crippen LogP contribution is 2.29. The molecule has 1 amide bonds. The largest absolute Gasteiger partial charge is 0.320 e. The number of anilines is 1. The minimum Gasteiger partial charge on any atom is -0.320 e. The zero-order chi connectivity index (χ0) is 24.0. The normalized spacial score (nSPS) is 10.8. The Hall–Kier alpha value is -4.01. The maximum absolute atomic E-state index is 13.4. The van der Waals surface area contributed by atoms with E-state index in [0.717, 1.165) is 16.8 Å². The molecular formula is C26H19ClN6OS. The number of para-hydroxylation sites is 1. The summed E-state index contributed by atoms with van der Waals surface area (Å²) >= 11 is 7.46. The second kappa shape index (κ2) is 10.5. The van der Waals surface area contributed by atoms with Crippen LogP contribution in [-0.4, -0.2) is 30.9 Å². The Morgan fingerprint density at radius 1 is 0.886 bits per heavy atom. The molecule has 5 rings (SSSR count). The average Bonchev–Trinajstić information content (AvgIpc) is 3.33. The fourth-order valence-electron chi connectivity index (χ4n) is 3.53. The van der Waals surface area contributed by atoms with Gasteiger partial charge in [0.2, 0.25) is 0 Å². The highest BCUT2D eigenvalue weighted by atomic mass is 35.5. The summed E-state index contributed by atoms with van der Waals surface area (Å²) in [7, 11) is 0. The van der Waals surface area contributed by atoms with E-state index in [1.54, 1.807) is 35.3 Å².